The summed E-state index contributed by atoms with van der Waals surface area (Å²) in [6, 6.07) is 15.3. The molecule has 1 heterocycles. The smallest absolute Gasteiger partial charge is 0.226 e. The number of morpholine rings is 1. The van der Waals surface area contributed by atoms with E-state index in [1.54, 1.807) is 0 Å². The molecule has 1 unspecified atom stereocenters. The first-order chi connectivity index (χ1) is 11.7. The molecule has 25 heavy (non-hydrogen) atoms. The zero-order chi connectivity index (χ0) is 16.8. The number of benzene rings is 2. The SMILES string of the molecule is Cc1ccc(Oc2ccc(NC(=O)CC3COCCN3)cc2)cc1.Cl. The summed E-state index contributed by atoms with van der Waals surface area (Å²) < 4.78 is 11.1. The third-order valence-corrected chi connectivity index (χ3v) is 3.83. The first-order valence-corrected chi connectivity index (χ1v) is 8.14. The van der Waals surface area contributed by atoms with Crippen LogP contribution in [-0.2, 0) is 9.53 Å². The number of rotatable bonds is 5. The van der Waals surface area contributed by atoms with Gasteiger partial charge in [0.15, 0.2) is 0 Å². The number of amides is 1. The van der Waals surface area contributed by atoms with E-state index in [0.717, 1.165) is 23.7 Å². The maximum Gasteiger partial charge on any atom is 0.226 e. The quantitative estimate of drug-likeness (QED) is 0.854. The molecule has 2 aromatic carbocycles. The van der Waals surface area contributed by atoms with E-state index in [2.05, 4.69) is 10.6 Å². The highest BCUT2D eigenvalue weighted by atomic mass is 35.5. The molecule has 1 atom stereocenters. The van der Waals surface area contributed by atoms with Crippen LogP contribution in [0.4, 0.5) is 5.69 Å². The van der Waals surface area contributed by atoms with E-state index in [1.807, 2.05) is 55.5 Å². The van der Waals surface area contributed by atoms with Crippen molar-refractivity contribution < 1.29 is 14.3 Å². The highest BCUT2D eigenvalue weighted by Gasteiger charge is 2.16. The minimum atomic E-state index is -0.0230. The topological polar surface area (TPSA) is 59.6 Å². The molecule has 2 aromatic rings. The Labute approximate surface area is 154 Å². The molecule has 0 spiro atoms. The highest BCUT2D eigenvalue weighted by Crippen LogP contribution is 2.23. The molecule has 1 aliphatic rings. The summed E-state index contributed by atoms with van der Waals surface area (Å²) in [5.74, 6) is 1.50. The summed E-state index contributed by atoms with van der Waals surface area (Å²) in [5.41, 5.74) is 1.95. The molecule has 134 valence electrons. The lowest BCUT2D eigenvalue weighted by molar-refractivity contribution is -0.117. The van der Waals surface area contributed by atoms with Gasteiger partial charge in [-0.3, -0.25) is 4.79 Å². The number of carbonyl (C=O) groups is 1. The number of nitrogens with one attached hydrogen (secondary N) is 2. The molecule has 3 rings (SSSR count). The van der Waals surface area contributed by atoms with Gasteiger partial charge in [0.2, 0.25) is 5.91 Å². The van der Waals surface area contributed by atoms with Crippen LogP contribution in [0.2, 0.25) is 0 Å². The molecule has 1 fully saturated rings. The van der Waals surface area contributed by atoms with Gasteiger partial charge < -0.3 is 20.1 Å². The number of hydrogen-bond acceptors (Lipinski definition) is 4. The second-order valence-electron chi connectivity index (χ2n) is 5.92. The fraction of sp³-hybridized carbons (Fsp3) is 0.316. The molecule has 0 saturated carbocycles. The molecule has 0 bridgehead atoms. The summed E-state index contributed by atoms with van der Waals surface area (Å²) in [6.07, 6.45) is 0.404. The van der Waals surface area contributed by atoms with Gasteiger partial charge >= 0.3 is 0 Å². The summed E-state index contributed by atoms with van der Waals surface area (Å²) in [4.78, 5) is 12.1. The molecule has 6 heteroatoms. The van der Waals surface area contributed by atoms with E-state index < -0.39 is 0 Å². The molecule has 1 aliphatic heterocycles. The van der Waals surface area contributed by atoms with Crippen LogP contribution >= 0.6 is 12.4 Å². The Hall–Kier alpha value is -2.08. The largest absolute Gasteiger partial charge is 0.457 e. The zero-order valence-corrected chi connectivity index (χ0v) is 15.0. The molecule has 2 N–H and O–H groups in total. The Bertz CT molecular complexity index is 668. The van der Waals surface area contributed by atoms with Gasteiger partial charge in [-0.05, 0) is 43.3 Å². The third kappa shape index (κ3) is 6.05. The number of anilines is 1. The van der Waals surface area contributed by atoms with Gasteiger partial charge in [0.1, 0.15) is 11.5 Å². The summed E-state index contributed by atoms with van der Waals surface area (Å²) >= 11 is 0. The van der Waals surface area contributed by atoms with Gasteiger partial charge in [-0.25, -0.2) is 0 Å². The van der Waals surface area contributed by atoms with E-state index in [4.69, 9.17) is 9.47 Å². The second kappa shape index (κ2) is 9.42. The van der Waals surface area contributed by atoms with E-state index in [9.17, 15) is 4.79 Å². The van der Waals surface area contributed by atoms with Crippen molar-refractivity contribution >= 4 is 24.0 Å². The Morgan fingerprint density at radius 3 is 2.40 bits per heavy atom. The van der Waals surface area contributed by atoms with Crippen LogP contribution in [0.15, 0.2) is 48.5 Å². The monoisotopic (exact) mass is 362 g/mol. The van der Waals surface area contributed by atoms with Crippen LogP contribution in [0.1, 0.15) is 12.0 Å². The van der Waals surface area contributed by atoms with E-state index in [-0.39, 0.29) is 24.4 Å². The minimum Gasteiger partial charge on any atom is -0.457 e. The standard InChI is InChI=1S/C19H22N2O3.ClH/c1-14-2-6-17(7-3-14)24-18-8-4-15(5-9-18)21-19(22)12-16-13-23-11-10-20-16;/h2-9,16,20H,10-13H2,1H3,(H,21,22);1H. The fourth-order valence-corrected chi connectivity index (χ4v) is 2.54. The van der Waals surface area contributed by atoms with E-state index in [0.29, 0.717) is 19.6 Å². The van der Waals surface area contributed by atoms with Crippen molar-refractivity contribution in [2.45, 2.75) is 19.4 Å². The number of aryl methyl sites for hydroxylation is 1. The van der Waals surface area contributed by atoms with Crippen molar-refractivity contribution in [1.29, 1.82) is 0 Å². The second-order valence-corrected chi connectivity index (χ2v) is 5.92. The normalized spacial score (nSPS) is 16.6. The summed E-state index contributed by atoms with van der Waals surface area (Å²) in [6.45, 7) is 4.12. The molecule has 0 aliphatic carbocycles. The zero-order valence-electron chi connectivity index (χ0n) is 14.2. The maximum atomic E-state index is 12.1. The lowest BCUT2D eigenvalue weighted by Gasteiger charge is -2.23. The van der Waals surface area contributed by atoms with Crippen LogP contribution in [0, 0.1) is 6.92 Å². The van der Waals surface area contributed by atoms with Gasteiger partial charge in [0.25, 0.3) is 0 Å². The van der Waals surface area contributed by atoms with Crippen molar-refractivity contribution in [3.8, 4) is 11.5 Å². The maximum absolute atomic E-state index is 12.1. The lowest BCUT2D eigenvalue weighted by atomic mass is 10.2. The fourth-order valence-electron chi connectivity index (χ4n) is 2.54. The van der Waals surface area contributed by atoms with E-state index >= 15 is 0 Å². The van der Waals surface area contributed by atoms with Crippen molar-refractivity contribution in [1.82, 2.24) is 5.32 Å². The minimum absolute atomic E-state index is 0. The number of halogens is 1. The van der Waals surface area contributed by atoms with Gasteiger partial charge in [0.05, 0.1) is 13.2 Å². The molecule has 0 radical (unpaired) electrons. The predicted octanol–water partition coefficient (Wildman–Crippen LogP) is 3.53. The van der Waals surface area contributed by atoms with Crippen LogP contribution in [0.3, 0.4) is 0 Å². The number of hydrogen-bond donors (Lipinski definition) is 2. The lowest BCUT2D eigenvalue weighted by Crippen LogP contribution is -2.43. The molecule has 0 aromatic heterocycles. The average molecular weight is 363 g/mol. The average Bonchev–Trinajstić information content (AvgIpc) is 2.59. The van der Waals surface area contributed by atoms with Crippen LogP contribution in [-0.4, -0.2) is 31.7 Å². The van der Waals surface area contributed by atoms with Crippen LogP contribution < -0.4 is 15.4 Å². The Kier molecular flexibility index (Phi) is 7.25. The number of carbonyl (C=O) groups excluding carboxylic acids is 1. The van der Waals surface area contributed by atoms with Crippen LogP contribution in [0.25, 0.3) is 0 Å². The molecule has 1 amide bonds. The summed E-state index contributed by atoms with van der Waals surface area (Å²) in [7, 11) is 0. The van der Waals surface area contributed by atoms with Crippen molar-refractivity contribution in [3.05, 3.63) is 54.1 Å². The van der Waals surface area contributed by atoms with Gasteiger partial charge in [-0.15, -0.1) is 12.4 Å². The predicted molar refractivity (Wildman–Crippen MR) is 101 cm³/mol. The Morgan fingerprint density at radius 2 is 1.80 bits per heavy atom. The van der Waals surface area contributed by atoms with Gasteiger partial charge in [-0.2, -0.15) is 0 Å². The Balaban J connectivity index is 0.00000225. The molecule has 5 nitrogen and oxygen atoms in total. The number of ether oxygens (including phenoxy) is 2. The molecular formula is C19H23ClN2O3. The van der Waals surface area contributed by atoms with Crippen molar-refractivity contribution in [2.75, 3.05) is 25.1 Å². The van der Waals surface area contributed by atoms with Crippen molar-refractivity contribution in [2.24, 2.45) is 0 Å². The highest BCUT2D eigenvalue weighted by molar-refractivity contribution is 5.91. The van der Waals surface area contributed by atoms with Gasteiger partial charge in [0, 0.05) is 24.7 Å². The molecular weight excluding hydrogens is 340 g/mol. The third-order valence-electron chi connectivity index (χ3n) is 3.83. The summed E-state index contributed by atoms with van der Waals surface area (Å²) in [5, 5.41) is 6.17. The first-order valence-electron chi connectivity index (χ1n) is 8.14. The van der Waals surface area contributed by atoms with Crippen molar-refractivity contribution in [3.63, 3.8) is 0 Å². The first kappa shape index (κ1) is 19.2. The Morgan fingerprint density at radius 1 is 1.16 bits per heavy atom. The molecule has 1 saturated heterocycles. The van der Waals surface area contributed by atoms with E-state index in [1.165, 1.54) is 5.56 Å². The van der Waals surface area contributed by atoms with Gasteiger partial charge in [-0.1, -0.05) is 17.7 Å². The van der Waals surface area contributed by atoms with Crippen LogP contribution in [0.5, 0.6) is 11.5 Å².